The SMILES string of the molecule is CC(CC(=O)NCC(=O)Nc1ccccc1Br)NC(=O)c1ccccc1. The van der Waals surface area contributed by atoms with E-state index >= 15 is 0 Å². The van der Waals surface area contributed by atoms with Crippen molar-refractivity contribution >= 4 is 39.3 Å². The van der Waals surface area contributed by atoms with Crippen LogP contribution in [0.1, 0.15) is 23.7 Å². The number of halogens is 1. The molecule has 2 aromatic rings. The van der Waals surface area contributed by atoms with E-state index in [2.05, 4.69) is 31.9 Å². The Hall–Kier alpha value is -2.67. The zero-order chi connectivity index (χ0) is 18.9. The molecule has 2 rings (SSSR count). The minimum absolute atomic E-state index is 0.0842. The van der Waals surface area contributed by atoms with Gasteiger partial charge in [0.25, 0.3) is 5.91 Å². The Bertz CT molecular complexity index is 781. The Morgan fingerprint density at radius 3 is 2.31 bits per heavy atom. The first kappa shape index (κ1) is 19.7. The molecular weight excluding hydrogens is 398 g/mol. The van der Waals surface area contributed by atoms with E-state index in [1.165, 1.54) is 0 Å². The molecule has 0 spiro atoms. The van der Waals surface area contributed by atoms with E-state index in [9.17, 15) is 14.4 Å². The number of benzene rings is 2. The van der Waals surface area contributed by atoms with Crippen LogP contribution in [0.3, 0.4) is 0 Å². The standard InChI is InChI=1S/C19H20BrN3O3/c1-13(22-19(26)14-7-3-2-4-8-14)11-17(24)21-12-18(25)23-16-10-6-5-9-15(16)20/h2-10,13H,11-12H2,1H3,(H,21,24)(H,22,26)(H,23,25). The number of amides is 3. The Morgan fingerprint density at radius 1 is 0.962 bits per heavy atom. The summed E-state index contributed by atoms with van der Waals surface area (Å²) in [7, 11) is 0. The number of hydrogen-bond donors (Lipinski definition) is 3. The predicted molar refractivity (Wildman–Crippen MR) is 104 cm³/mol. The molecule has 0 aliphatic heterocycles. The van der Waals surface area contributed by atoms with Crippen molar-refractivity contribution in [1.29, 1.82) is 0 Å². The molecule has 136 valence electrons. The molecule has 0 heterocycles. The second kappa shape index (κ2) is 9.72. The Kier molecular flexibility index (Phi) is 7.35. The highest BCUT2D eigenvalue weighted by atomic mass is 79.9. The van der Waals surface area contributed by atoms with Crippen LogP contribution in [0, 0.1) is 0 Å². The van der Waals surface area contributed by atoms with Crippen LogP contribution >= 0.6 is 15.9 Å². The number of rotatable bonds is 7. The Balaban J connectivity index is 1.73. The fourth-order valence-electron chi connectivity index (χ4n) is 2.23. The van der Waals surface area contributed by atoms with Gasteiger partial charge in [-0.3, -0.25) is 14.4 Å². The third-order valence-corrected chi connectivity index (χ3v) is 4.19. The molecule has 7 heteroatoms. The van der Waals surface area contributed by atoms with Crippen molar-refractivity contribution in [1.82, 2.24) is 10.6 Å². The van der Waals surface area contributed by atoms with Crippen LogP contribution in [0.5, 0.6) is 0 Å². The van der Waals surface area contributed by atoms with Gasteiger partial charge in [-0.1, -0.05) is 30.3 Å². The number of hydrogen-bond acceptors (Lipinski definition) is 3. The number of anilines is 1. The summed E-state index contributed by atoms with van der Waals surface area (Å²) in [5.74, 6) is -0.878. The first-order valence-electron chi connectivity index (χ1n) is 8.12. The topological polar surface area (TPSA) is 87.3 Å². The molecule has 2 aromatic carbocycles. The normalized spacial score (nSPS) is 11.3. The zero-order valence-corrected chi connectivity index (χ0v) is 15.9. The molecule has 0 aliphatic rings. The van der Waals surface area contributed by atoms with Crippen LogP contribution in [0.15, 0.2) is 59.1 Å². The Morgan fingerprint density at radius 2 is 1.62 bits per heavy atom. The van der Waals surface area contributed by atoms with Crippen molar-refractivity contribution in [2.24, 2.45) is 0 Å². The van der Waals surface area contributed by atoms with E-state index in [0.29, 0.717) is 11.3 Å². The monoisotopic (exact) mass is 417 g/mol. The zero-order valence-electron chi connectivity index (χ0n) is 14.3. The van der Waals surface area contributed by atoms with Gasteiger partial charge in [0.15, 0.2) is 0 Å². The minimum Gasteiger partial charge on any atom is -0.349 e. The van der Waals surface area contributed by atoms with E-state index in [1.807, 2.05) is 18.2 Å². The average molecular weight is 418 g/mol. The lowest BCUT2D eigenvalue weighted by atomic mass is 10.1. The fraction of sp³-hybridized carbons (Fsp3) is 0.211. The summed E-state index contributed by atoms with van der Waals surface area (Å²) in [5, 5.41) is 8.01. The third kappa shape index (κ3) is 6.33. The third-order valence-electron chi connectivity index (χ3n) is 3.50. The molecule has 0 fully saturated rings. The second-order valence-corrected chi connectivity index (χ2v) is 6.60. The molecule has 0 aromatic heterocycles. The fourth-order valence-corrected chi connectivity index (χ4v) is 2.62. The van der Waals surface area contributed by atoms with Crippen molar-refractivity contribution in [2.45, 2.75) is 19.4 Å². The van der Waals surface area contributed by atoms with Crippen LogP contribution < -0.4 is 16.0 Å². The molecule has 3 amide bonds. The molecule has 0 saturated heterocycles. The molecule has 26 heavy (non-hydrogen) atoms. The van der Waals surface area contributed by atoms with Gasteiger partial charge in [0, 0.05) is 22.5 Å². The van der Waals surface area contributed by atoms with Gasteiger partial charge in [-0.15, -0.1) is 0 Å². The van der Waals surface area contributed by atoms with Gasteiger partial charge in [-0.05, 0) is 47.1 Å². The van der Waals surface area contributed by atoms with Crippen molar-refractivity contribution in [3.63, 3.8) is 0 Å². The van der Waals surface area contributed by atoms with Crippen LogP contribution in [0.25, 0.3) is 0 Å². The summed E-state index contributed by atoms with van der Waals surface area (Å²) < 4.78 is 0.761. The molecule has 0 saturated carbocycles. The van der Waals surface area contributed by atoms with Gasteiger partial charge in [-0.25, -0.2) is 0 Å². The van der Waals surface area contributed by atoms with E-state index in [0.717, 1.165) is 4.47 Å². The predicted octanol–water partition coefficient (Wildman–Crippen LogP) is 2.71. The molecule has 3 N–H and O–H groups in total. The van der Waals surface area contributed by atoms with Gasteiger partial charge in [0.2, 0.25) is 11.8 Å². The lowest BCUT2D eigenvalue weighted by molar-refractivity contribution is -0.124. The number of nitrogens with one attached hydrogen (secondary N) is 3. The van der Waals surface area contributed by atoms with Crippen LogP contribution in [0.2, 0.25) is 0 Å². The minimum atomic E-state index is -0.353. The van der Waals surface area contributed by atoms with Crippen LogP contribution in [-0.4, -0.2) is 30.3 Å². The van der Waals surface area contributed by atoms with Gasteiger partial charge >= 0.3 is 0 Å². The smallest absolute Gasteiger partial charge is 0.251 e. The maximum atomic E-state index is 12.0. The van der Waals surface area contributed by atoms with Crippen LogP contribution in [0.4, 0.5) is 5.69 Å². The van der Waals surface area contributed by atoms with Gasteiger partial charge in [0.1, 0.15) is 0 Å². The van der Waals surface area contributed by atoms with Gasteiger partial charge in [0.05, 0.1) is 12.2 Å². The summed E-state index contributed by atoms with van der Waals surface area (Å²) in [4.78, 5) is 35.9. The van der Waals surface area contributed by atoms with E-state index in [-0.39, 0.29) is 36.7 Å². The summed E-state index contributed by atoms with van der Waals surface area (Å²) in [6.45, 7) is 1.60. The molecule has 0 radical (unpaired) electrons. The number of carbonyl (C=O) groups excluding carboxylic acids is 3. The number of carbonyl (C=O) groups is 3. The second-order valence-electron chi connectivity index (χ2n) is 5.75. The number of para-hydroxylation sites is 1. The lowest BCUT2D eigenvalue weighted by Crippen LogP contribution is -2.39. The highest BCUT2D eigenvalue weighted by molar-refractivity contribution is 9.10. The van der Waals surface area contributed by atoms with Crippen molar-refractivity contribution < 1.29 is 14.4 Å². The molecule has 0 bridgehead atoms. The summed E-state index contributed by atoms with van der Waals surface area (Å²) in [6, 6.07) is 15.6. The highest BCUT2D eigenvalue weighted by Gasteiger charge is 2.14. The first-order valence-corrected chi connectivity index (χ1v) is 8.92. The van der Waals surface area contributed by atoms with E-state index < -0.39 is 0 Å². The van der Waals surface area contributed by atoms with Crippen molar-refractivity contribution in [2.75, 3.05) is 11.9 Å². The van der Waals surface area contributed by atoms with Gasteiger partial charge < -0.3 is 16.0 Å². The molecular formula is C19H20BrN3O3. The summed E-state index contributed by atoms with van der Waals surface area (Å²) >= 11 is 3.34. The van der Waals surface area contributed by atoms with Gasteiger partial charge in [-0.2, -0.15) is 0 Å². The van der Waals surface area contributed by atoms with E-state index in [4.69, 9.17) is 0 Å². The summed E-state index contributed by atoms with van der Waals surface area (Å²) in [5.41, 5.74) is 1.17. The summed E-state index contributed by atoms with van der Waals surface area (Å²) in [6.07, 6.45) is 0.0842. The highest BCUT2D eigenvalue weighted by Crippen LogP contribution is 2.20. The maximum Gasteiger partial charge on any atom is 0.251 e. The molecule has 1 atom stereocenters. The quantitative estimate of drug-likeness (QED) is 0.646. The first-order chi connectivity index (χ1) is 12.5. The van der Waals surface area contributed by atoms with Crippen molar-refractivity contribution in [3.8, 4) is 0 Å². The average Bonchev–Trinajstić information content (AvgIpc) is 2.62. The molecule has 0 aliphatic carbocycles. The van der Waals surface area contributed by atoms with Crippen molar-refractivity contribution in [3.05, 3.63) is 64.6 Å². The van der Waals surface area contributed by atoms with Crippen LogP contribution in [-0.2, 0) is 9.59 Å². The van der Waals surface area contributed by atoms with E-state index in [1.54, 1.807) is 43.3 Å². The Labute approximate surface area is 160 Å². The molecule has 6 nitrogen and oxygen atoms in total. The largest absolute Gasteiger partial charge is 0.349 e. The maximum absolute atomic E-state index is 12.0. The molecule has 1 unspecified atom stereocenters. The lowest BCUT2D eigenvalue weighted by Gasteiger charge is -2.14.